The first-order valence-corrected chi connectivity index (χ1v) is 17.3. The number of aliphatic hydroxyl groups is 2. The third kappa shape index (κ3) is 4.07. The van der Waals surface area contributed by atoms with E-state index in [0.717, 1.165) is 19.4 Å². The molecule has 14 nitrogen and oxygen atoms in total. The average molecular weight is 703 g/mol. The van der Waals surface area contributed by atoms with Crippen molar-refractivity contribution in [1.29, 1.82) is 0 Å². The molecule has 2 aliphatic heterocycles. The van der Waals surface area contributed by atoms with Gasteiger partial charge in [-0.1, -0.05) is 27.7 Å². The van der Waals surface area contributed by atoms with Crippen LogP contribution in [0.3, 0.4) is 0 Å². The van der Waals surface area contributed by atoms with Crippen LogP contribution in [0.15, 0.2) is 23.0 Å². The van der Waals surface area contributed by atoms with Gasteiger partial charge in [0.2, 0.25) is 6.29 Å². The Hall–Kier alpha value is -3.33. The number of hydrogen-bond acceptors (Lipinski definition) is 14. The second kappa shape index (κ2) is 11.1. The average Bonchev–Trinajstić information content (AvgIpc) is 3.38. The summed E-state index contributed by atoms with van der Waals surface area (Å²) in [6.45, 7) is 11.7. The quantitative estimate of drug-likeness (QED) is 0.249. The molecule has 2 N–H and O–H groups in total. The topological polar surface area (TPSA) is 198 Å². The maximum Gasteiger partial charge on any atom is 0.310 e. The highest BCUT2D eigenvalue weighted by molar-refractivity contribution is 5.93. The minimum atomic E-state index is -1.70. The number of esters is 4. The molecule has 6 aliphatic rings. The molecule has 2 saturated heterocycles. The fourth-order valence-electron chi connectivity index (χ4n) is 11.7. The number of furan rings is 1. The summed E-state index contributed by atoms with van der Waals surface area (Å²) < 4.78 is 42.0. The van der Waals surface area contributed by atoms with Crippen LogP contribution in [0.5, 0.6) is 0 Å². The van der Waals surface area contributed by atoms with Crippen molar-refractivity contribution in [2.24, 2.45) is 39.4 Å². The van der Waals surface area contributed by atoms with Gasteiger partial charge in [-0.15, -0.1) is 0 Å². The van der Waals surface area contributed by atoms with Gasteiger partial charge in [0.05, 0.1) is 48.1 Å². The molecule has 274 valence electrons. The Bertz CT molecular complexity index is 1620. The van der Waals surface area contributed by atoms with Gasteiger partial charge in [0.1, 0.15) is 11.7 Å². The van der Waals surface area contributed by atoms with E-state index >= 15 is 4.79 Å². The molecule has 15 atom stereocenters. The number of epoxide rings is 1. The van der Waals surface area contributed by atoms with E-state index in [0.29, 0.717) is 6.42 Å². The number of fused-ring (bicyclic) bond motifs is 1. The molecule has 1 aromatic rings. The van der Waals surface area contributed by atoms with E-state index in [4.69, 9.17) is 32.8 Å². The smallest absolute Gasteiger partial charge is 0.310 e. The highest BCUT2D eigenvalue weighted by Crippen LogP contribution is 2.83. The molecular weight excluding hydrogens is 656 g/mol. The molecule has 50 heavy (non-hydrogen) atoms. The fraction of sp³-hybridized carbons (Fsp3) is 0.750. The van der Waals surface area contributed by atoms with E-state index < -0.39 is 118 Å². The van der Waals surface area contributed by atoms with Gasteiger partial charge in [-0.25, -0.2) is 0 Å². The molecule has 0 aromatic carbocycles. The minimum absolute atomic E-state index is 0.0556. The second-order valence-electron chi connectivity index (χ2n) is 16.1. The first kappa shape index (κ1) is 35.1. The van der Waals surface area contributed by atoms with Crippen molar-refractivity contribution in [3.63, 3.8) is 0 Å². The van der Waals surface area contributed by atoms with E-state index in [2.05, 4.69) is 0 Å². The van der Waals surface area contributed by atoms with Crippen LogP contribution in [0.25, 0.3) is 0 Å². The summed E-state index contributed by atoms with van der Waals surface area (Å²) in [4.78, 5) is 66.7. The number of ether oxygens (including phenoxy) is 6. The largest absolute Gasteiger partial charge is 0.472 e. The van der Waals surface area contributed by atoms with Gasteiger partial charge in [0, 0.05) is 43.4 Å². The molecule has 4 aliphatic carbocycles. The monoisotopic (exact) mass is 702 g/mol. The maximum atomic E-state index is 15.5. The molecular formula is C36H46O14. The van der Waals surface area contributed by atoms with E-state index in [1.54, 1.807) is 40.0 Å². The molecule has 3 heterocycles. The summed E-state index contributed by atoms with van der Waals surface area (Å²) in [5.74, 6) is -6.59. The van der Waals surface area contributed by atoms with Crippen LogP contribution in [-0.4, -0.2) is 95.0 Å². The maximum absolute atomic E-state index is 15.5. The third-order valence-corrected chi connectivity index (χ3v) is 13.6. The van der Waals surface area contributed by atoms with Crippen LogP contribution in [0.1, 0.15) is 79.7 Å². The Kier molecular flexibility index (Phi) is 7.78. The van der Waals surface area contributed by atoms with Crippen LogP contribution < -0.4 is 0 Å². The lowest BCUT2D eigenvalue weighted by molar-refractivity contribution is -0.391. The van der Waals surface area contributed by atoms with Crippen molar-refractivity contribution < 1.29 is 67.0 Å². The molecule has 0 radical (unpaired) electrons. The fourth-order valence-corrected chi connectivity index (χ4v) is 11.7. The second-order valence-corrected chi connectivity index (χ2v) is 16.1. The third-order valence-electron chi connectivity index (χ3n) is 13.6. The Morgan fingerprint density at radius 1 is 0.920 bits per heavy atom. The van der Waals surface area contributed by atoms with E-state index in [1.807, 2.05) is 6.92 Å². The van der Waals surface area contributed by atoms with E-state index in [1.165, 1.54) is 13.2 Å². The van der Waals surface area contributed by atoms with Gasteiger partial charge in [0.15, 0.2) is 24.1 Å². The predicted octanol–water partition coefficient (Wildman–Crippen LogP) is 2.21. The lowest BCUT2D eigenvalue weighted by Crippen LogP contribution is -2.84. The molecule has 7 rings (SSSR count). The highest BCUT2D eigenvalue weighted by Gasteiger charge is 2.93. The zero-order valence-corrected chi connectivity index (χ0v) is 29.5. The zero-order valence-electron chi connectivity index (χ0n) is 29.5. The lowest BCUT2D eigenvalue weighted by Gasteiger charge is -2.73. The molecule has 4 saturated carbocycles. The molecule has 1 unspecified atom stereocenters. The summed E-state index contributed by atoms with van der Waals surface area (Å²) in [5, 5.41) is 25.2. The first-order chi connectivity index (χ1) is 23.3. The van der Waals surface area contributed by atoms with Gasteiger partial charge < -0.3 is 43.1 Å². The number of carbonyl (C=O) groups excluding carboxylic acids is 5. The van der Waals surface area contributed by atoms with Crippen molar-refractivity contribution in [3.8, 4) is 0 Å². The molecule has 1 spiro atoms. The highest BCUT2D eigenvalue weighted by atomic mass is 16.7. The van der Waals surface area contributed by atoms with Crippen LogP contribution in [0.2, 0.25) is 0 Å². The van der Waals surface area contributed by atoms with Gasteiger partial charge in [-0.2, -0.15) is 0 Å². The molecule has 1 aromatic heterocycles. The van der Waals surface area contributed by atoms with Crippen molar-refractivity contribution in [1.82, 2.24) is 0 Å². The normalized spacial score (nSPS) is 48.3. The number of hydrogen-bond donors (Lipinski definition) is 2. The summed E-state index contributed by atoms with van der Waals surface area (Å²) in [5.41, 5.74) is -6.22. The number of ketones is 1. The summed E-state index contributed by atoms with van der Waals surface area (Å²) in [6, 6.07) is 1.80. The number of Topliss-reactive ketones (excluding diaryl/α,β-unsaturated/α-hetero) is 1. The van der Waals surface area contributed by atoms with Gasteiger partial charge in [-0.05, 0) is 37.3 Å². The Morgan fingerprint density at radius 2 is 1.58 bits per heavy atom. The van der Waals surface area contributed by atoms with Gasteiger partial charge in [-0.3, -0.25) is 24.0 Å². The van der Waals surface area contributed by atoms with E-state index in [9.17, 15) is 29.4 Å². The Labute approximate surface area is 289 Å². The van der Waals surface area contributed by atoms with Crippen molar-refractivity contribution >= 4 is 29.7 Å². The molecule has 14 heteroatoms. The predicted molar refractivity (Wildman–Crippen MR) is 166 cm³/mol. The number of rotatable bonds is 6. The van der Waals surface area contributed by atoms with E-state index in [-0.39, 0.29) is 18.9 Å². The zero-order chi connectivity index (χ0) is 36.5. The van der Waals surface area contributed by atoms with Crippen LogP contribution in [-0.2, 0) is 52.4 Å². The lowest BCUT2D eigenvalue weighted by atomic mass is 9.33. The summed E-state index contributed by atoms with van der Waals surface area (Å²) in [6.07, 6.45) is -5.64. The Morgan fingerprint density at radius 3 is 2.16 bits per heavy atom. The van der Waals surface area contributed by atoms with Crippen molar-refractivity contribution in [3.05, 3.63) is 24.2 Å². The standard InChI is InChI=1S/C36H46O14/c1-15(2)30(43)49-31-32(6)21-12-22(40)34(8)26(35(21,14-45-31)27(42)25(46-16(3)37)29(32)48-18(5)39)24(41)28(47-17(4)38)33(7)20(19-9-10-44-13-19)11-23-36(33,34)50-23/h9-10,13,15,20-23,25-29,31,40,42H,11-12,14H2,1-8H3/t20-,21-,22+,23+,25+,26-,27-,28-,29+,31?,32-,33+,34+,35-,36+/m0/s1. The van der Waals surface area contributed by atoms with Crippen molar-refractivity contribution in [2.45, 2.75) is 123 Å². The van der Waals surface area contributed by atoms with Crippen molar-refractivity contribution in [2.75, 3.05) is 6.61 Å². The van der Waals surface area contributed by atoms with Gasteiger partial charge >= 0.3 is 23.9 Å². The number of aliphatic hydroxyl groups excluding tert-OH is 2. The minimum Gasteiger partial charge on any atom is -0.472 e. The number of carbonyl (C=O) groups is 5. The molecule has 2 bridgehead atoms. The van der Waals surface area contributed by atoms with Crippen LogP contribution >= 0.6 is 0 Å². The van der Waals surface area contributed by atoms with Crippen LogP contribution in [0.4, 0.5) is 0 Å². The first-order valence-electron chi connectivity index (χ1n) is 17.3. The Balaban J connectivity index is 1.46. The molecule has 0 amide bonds. The molecule has 6 fully saturated rings. The van der Waals surface area contributed by atoms with Gasteiger partial charge in [0.25, 0.3) is 0 Å². The SMILES string of the molecule is CC(=O)O[C@H]1[C@@H](OC(C)=O)[C@@]2(C)C(OC(=O)C(C)C)OC[C@]3([C@H]4C(=O)[C@H](OC(C)=O)[C@@]5(C)[C@H](c6ccoc6)C[C@H]6O[C@]65[C@]4(C)[C@H](O)C[C@@H]23)[C@H]1O. The summed E-state index contributed by atoms with van der Waals surface area (Å²) in [7, 11) is 0. The summed E-state index contributed by atoms with van der Waals surface area (Å²) >= 11 is 0. The van der Waals surface area contributed by atoms with Crippen LogP contribution in [0, 0.1) is 39.4 Å².